The molecule has 2 N–H and O–H groups in total. The number of nitrogens with one attached hydrogen (secondary N) is 2. The lowest BCUT2D eigenvalue weighted by atomic mass is 9.70. The summed E-state index contributed by atoms with van der Waals surface area (Å²) in [6.07, 6.45) is 5.55. The van der Waals surface area contributed by atoms with Gasteiger partial charge in [-0.15, -0.1) is 0 Å². The van der Waals surface area contributed by atoms with E-state index < -0.39 is 5.54 Å². The van der Waals surface area contributed by atoms with Crippen molar-refractivity contribution in [2.24, 2.45) is 11.8 Å². The predicted molar refractivity (Wildman–Crippen MR) is 218 cm³/mol. The van der Waals surface area contributed by atoms with Crippen LogP contribution < -0.4 is 10.7 Å². The first-order valence-corrected chi connectivity index (χ1v) is 19.0. The molecule has 1 heterocycles. The Morgan fingerprint density at radius 3 is 1.77 bits per heavy atom. The molecule has 6 aromatic carbocycles. The van der Waals surface area contributed by atoms with E-state index in [1.54, 1.807) is 0 Å². The zero-order valence-electron chi connectivity index (χ0n) is 30.9. The fraction of sp³-hybridized carbons (Fsp3) is 0.204. The second-order valence-electron chi connectivity index (χ2n) is 14.4. The number of carbonyl (C=O) groups excluding carboxylic acids is 1. The van der Waals surface area contributed by atoms with Gasteiger partial charge in [0.25, 0.3) is 5.91 Å². The second kappa shape index (κ2) is 16.4. The van der Waals surface area contributed by atoms with Crippen LogP contribution in [0.25, 0.3) is 16.8 Å². The van der Waals surface area contributed by atoms with Crippen LogP contribution in [0.3, 0.4) is 0 Å². The van der Waals surface area contributed by atoms with Crippen molar-refractivity contribution < 1.29 is 9.39 Å². The molecule has 2 unspecified atom stereocenters. The highest BCUT2D eigenvalue weighted by Crippen LogP contribution is 2.44. The summed E-state index contributed by atoms with van der Waals surface area (Å²) in [5.41, 5.74) is 12.2. The highest BCUT2D eigenvalue weighted by atomic mass is 16.1. The molecule has 7 rings (SSSR count). The van der Waals surface area contributed by atoms with Crippen molar-refractivity contribution in [2.45, 2.75) is 38.3 Å². The summed E-state index contributed by atoms with van der Waals surface area (Å²) in [5.74, 6) is 0.219. The molecule has 6 aromatic rings. The number of nitrogens with zero attached hydrogens (tertiary/aromatic N) is 1. The third-order valence-electron chi connectivity index (χ3n) is 11.2. The van der Waals surface area contributed by atoms with Crippen molar-refractivity contribution in [3.8, 4) is 11.1 Å². The van der Waals surface area contributed by atoms with Gasteiger partial charge in [0.05, 0.1) is 5.54 Å². The van der Waals surface area contributed by atoms with E-state index in [9.17, 15) is 4.79 Å². The van der Waals surface area contributed by atoms with Gasteiger partial charge in [-0.1, -0.05) is 165 Å². The molecule has 0 bridgehead atoms. The van der Waals surface area contributed by atoms with Crippen molar-refractivity contribution in [1.29, 1.82) is 0 Å². The number of carbonyl (C=O) groups is 1. The molecule has 1 aliphatic rings. The van der Waals surface area contributed by atoms with E-state index in [2.05, 4.69) is 176 Å². The van der Waals surface area contributed by atoms with Gasteiger partial charge in [-0.05, 0) is 77.6 Å². The molecule has 0 radical (unpaired) electrons. The maximum Gasteiger partial charge on any atom is 0.252 e. The quantitative estimate of drug-likeness (QED) is 0.125. The first-order valence-electron chi connectivity index (χ1n) is 19.0. The summed E-state index contributed by atoms with van der Waals surface area (Å²) in [5, 5.41) is 3.64. The van der Waals surface area contributed by atoms with Crippen LogP contribution in [0, 0.1) is 11.8 Å². The molecule has 0 aromatic heterocycles. The SMILES string of the molecule is CN[N+]1(Cc2ccccc2)CCCC(C[C@@H](C)C(NC(=O)c2ccccc2)(c2ccccc2)c2ccccc2)C=C1c1ccccc1-c1ccccc1. The summed E-state index contributed by atoms with van der Waals surface area (Å²) in [7, 11) is 2.11. The van der Waals surface area contributed by atoms with Gasteiger partial charge in [-0.25, -0.2) is 4.59 Å². The maximum atomic E-state index is 14.2. The van der Waals surface area contributed by atoms with Crippen LogP contribution in [0.5, 0.6) is 0 Å². The lowest BCUT2D eigenvalue weighted by Crippen LogP contribution is -2.54. The molecule has 0 fully saturated rings. The van der Waals surface area contributed by atoms with E-state index in [1.807, 2.05) is 30.3 Å². The Morgan fingerprint density at radius 1 is 0.679 bits per heavy atom. The van der Waals surface area contributed by atoms with Gasteiger partial charge in [0, 0.05) is 23.7 Å². The first-order chi connectivity index (χ1) is 26.0. The first kappa shape index (κ1) is 35.8. The molecule has 0 spiro atoms. The highest BCUT2D eigenvalue weighted by Gasteiger charge is 2.44. The number of hydrogen-bond donors (Lipinski definition) is 2. The largest absolute Gasteiger partial charge is 0.338 e. The molecule has 0 saturated carbocycles. The van der Waals surface area contributed by atoms with Crippen LogP contribution in [0.1, 0.15) is 58.8 Å². The van der Waals surface area contributed by atoms with Crippen molar-refractivity contribution >= 4 is 11.6 Å². The monoisotopic (exact) mass is 696 g/mol. The van der Waals surface area contributed by atoms with E-state index in [-0.39, 0.29) is 17.7 Å². The average Bonchev–Trinajstić information content (AvgIpc) is 3.40. The van der Waals surface area contributed by atoms with E-state index in [0.29, 0.717) is 10.2 Å². The molecule has 4 heteroatoms. The summed E-state index contributed by atoms with van der Waals surface area (Å²) in [4.78, 5) is 14.2. The Balaban J connectivity index is 1.36. The topological polar surface area (TPSA) is 41.1 Å². The predicted octanol–water partition coefficient (Wildman–Crippen LogP) is 10.7. The smallest absolute Gasteiger partial charge is 0.252 e. The highest BCUT2D eigenvalue weighted by molar-refractivity contribution is 5.95. The van der Waals surface area contributed by atoms with Crippen LogP contribution in [0.2, 0.25) is 0 Å². The maximum absolute atomic E-state index is 14.2. The number of rotatable bonds is 12. The molecule has 53 heavy (non-hydrogen) atoms. The molecule has 1 amide bonds. The Bertz CT molecular complexity index is 2060. The van der Waals surface area contributed by atoms with E-state index in [0.717, 1.165) is 43.5 Å². The van der Waals surface area contributed by atoms with Gasteiger partial charge >= 0.3 is 0 Å². The van der Waals surface area contributed by atoms with Crippen LogP contribution in [-0.2, 0) is 12.1 Å². The van der Waals surface area contributed by atoms with Crippen molar-refractivity contribution in [3.63, 3.8) is 0 Å². The van der Waals surface area contributed by atoms with Gasteiger partial charge in [0.2, 0.25) is 0 Å². The van der Waals surface area contributed by atoms with E-state index >= 15 is 0 Å². The Labute approximate surface area is 315 Å². The van der Waals surface area contributed by atoms with Crippen LogP contribution in [0.15, 0.2) is 182 Å². The van der Waals surface area contributed by atoms with Crippen LogP contribution in [-0.4, -0.2) is 24.1 Å². The molecule has 4 nitrogen and oxygen atoms in total. The minimum Gasteiger partial charge on any atom is -0.338 e. The second-order valence-corrected chi connectivity index (χ2v) is 14.4. The van der Waals surface area contributed by atoms with Gasteiger partial charge < -0.3 is 5.32 Å². The number of quaternary nitrogens is 1. The van der Waals surface area contributed by atoms with Crippen LogP contribution in [0.4, 0.5) is 0 Å². The van der Waals surface area contributed by atoms with Gasteiger partial charge in [-0.2, -0.15) is 5.43 Å². The minimum atomic E-state index is -0.767. The zero-order chi connectivity index (χ0) is 36.5. The third-order valence-corrected chi connectivity index (χ3v) is 11.2. The van der Waals surface area contributed by atoms with Crippen LogP contribution >= 0.6 is 0 Å². The Morgan fingerprint density at radius 2 is 1.19 bits per heavy atom. The third kappa shape index (κ3) is 7.66. The van der Waals surface area contributed by atoms with Crippen molar-refractivity contribution in [2.75, 3.05) is 13.6 Å². The lowest BCUT2D eigenvalue weighted by molar-refractivity contribution is -0.915. The fourth-order valence-corrected chi connectivity index (χ4v) is 8.52. The minimum absolute atomic E-state index is 0.0375. The molecule has 266 valence electrons. The summed E-state index contributed by atoms with van der Waals surface area (Å²) in [6, 6.07) is 61.2. The lowest BCUT2D eigenvalue weighted by Gasteiger charge is -2.42. The van der Waals surface area contributed by atoms with E-state index in [4.69, 9.17) is 0 Å². The molecular formula is C49H50N3O+. The van der Waals surface area contributed by atoms with Gasteiger partial charge in [0.15, 0.2) is 5.70 Å². The Hall–Kier alpha value is -5.55. The fourth-order valence-electron chi connectivity index (χ4n) is 8.52. The van der Waals surface area contributed by atoms with E-state index in [1.165, 1.54) is 28.0 Å². The normalized spacial score (nSPS) is 18.0. The van der Waals surface area contributed by atoms with Crippen molar-refractivity contribution in [3.05, 3.63) is 210 Å². The summed E-state index contributed by atoms with van der Waals surface area (Å²) in [6.45, 7) is 4.11. The zero-order valence-corrected chi connectivity index (χ0v) is 30.9. The molecule has 0 saturated heterocycles. The molecule has 1 aliphatic heterocycles. The average molecular weight is 697 g/mol. The van der Waals surface area contributed by atoms with Gasteiger partial charge in [-0.3, -0.25) is 4.79 Å². The number of hydrogen-bond acceptors (Lipinski definition) is 2. The standard InChI is InChI=1S/C49H49N3O/c1-38(49(43-28-14-6-15-29-43,44-30-16-7-17-31-44)51-48(53)42-26-12-5-13-27-42)35-40-23-20-34-52(50-2,37-39-21-8-3-9-22-39)47(36-40)46-33-19-18-32-45(46)41-24-10-4-11-25-41/h3-19,21-22,24-33,36,38,40,50H,20,23,34-35,37H2,1-2H3/p+1/t38-,40?,52?/m1/s1. The number of benzene rings is 6. The summed E-state index contributed by atoms with van der Waals surface area (Å²) < 4.78 is 0.645. The molecular weight excluding hydrogens is 647 g/mol. The van der Waals surface area contributed by atoms with Crippen molar-refractivity contribution in [1.82, 2.24) is 10.7 Å². The van der Waals surface area contributed by atoms with Gasteiger partial charge in [0.1, 0.15) is 13.1 Å². The Kier molecular flexibility index (Phi) is 11.1. The number of amides is 1. The number of allylic oxidation sites excluding steroid dienone is 1. The summed E-state index contributed by atoms with van der Waals surface area (Å²) >= 11 is 0. The molecule has 0 aliphatic carbocycles. The molecule has 3 atom stereocenters.